The number of hydrogen-bond acceptors (Lipinski definition) is 6. The first-order valence-corrected chi connectivity index (χ1v) is 9.93. The van der Waals surface area contributed by atoms with Crippen LogP contribution < -0.4 is 14.5 Å². The van der Waals surface area contributed by atoms with Gasteiger partial charge in [-0.15, -0.1) is 0 Å². The molecule has 0 saturated carbocycles. The third-order valence-electron chi connectivity index (χ3n) is 5.42. The van der Waals surface area contributed by atoms with E-state index in [1.807, 2.05) is 4.90 Å². The summed E-state index contributed by atoms with van der Waals surface area (Å²) in [6.45, 7) is 1.51. The zero-order valence-corrected chi connectivity index (χ0v) is 17.0. The van der Waals surface area contributed by atoms with Gasteiger partial charge in [0, 0.05) is 49.5 Å². The van der Waals surface area contributed by atoms with Crippen LogP contribution in [0.25, 0.3) is 0 Å². The molecule has 31 heavy (non-hydrogen) atoms. The number of rotatable bonds is 5. The molecule has 1 aliphatic heterocycles. The van der Waals surface area contributed by atoms with Crippen molar-refractivity contribution in [2.45, 2.75) is 25.1 Å². The van der Waals surface area contributed by atoms with Crippen molar-refractivity contribution >= 4 is 17.2 Å². The minimum atomic E-state index is -4.38. The first-order chi connectivity index (χ1) is 15.0. The van der Waals surface area contributed by atoms with Gasteiger partial charge in [0.25, 0.3) is 0 Å². The maximum Gasteiger partial charge on any atom is 0.416 e. The molecule has 3 heterocycles. The molecule has 0 atom stereocenters. The highest BCUT2D eigenvalue weighted by Crippen LogP contribution is 2.39. The SMILES string of the molecule is COc1ccncc1N(c1ccc(C(F)(F)F)cc1)C1CCN(c2cnccn2)CC1. The highest BCUT2D eigenvalue weighted by atomic mass is 19.4. The number of aromatic nitrogens is 3. The molecular weight excluding hydrogens is 407 g/mol. The lowest BCUT2D eigenvalue weighted by Crippen LogP contribution is -2.43. The normalized spacial score (nSPS) is 15.0. The predicted molar refractivity (Wildman–Crippen MR) is 112 cm³/mol. The molecule has 1 aromatic carbocycles. The van der Waals surface area contributed by atoms with Crippen LogP contribution in [0.3, 0.4) is 0 Å². The highest BCUT2D eigenvalue weighted by Gasteiger charge is 2.32. The number of alkyl halides is 3. The minimum absolute atomic E-state index is 0.0581. The van der Waals surface area contributed by atoms with Gasteiger partial charge >= 0.3 is 6.18 Å². The summed E-state index contributed by atoms with van der Waals surface area (Å²) >= 11 is 0. The van der Waals surface area contributed by atoms with E-state index in [4.69, 9.17) is 4.74 Å². The van der Waals surface area contributed by atoms with E-state index >= 15 is 0 Å². The topological polar surface area (TPSA) is 54.4 Å². The summed E-state index contributed by atoms with van der Waals surface area (Å²) in [4.78, 5) is 16.9. The highest BCUT2D eigenvalue weighted by molar-refractivity contribution is 5.69. The number of benzene rings is 1. The van der Waals surface area contributed by atoms with Crippen LogP contribution in [0.1, 0.15) is 18.4 Å². The lowest BCUT2D eigenvalue weighted by Gasteiger charge is -2.40. The second kappa shape index (κ2) is 8.79. The van der Waals surface area contributed by atoms with E-state index in [1.54, 1.807) is 44.2 Å². The zero-order chi connectivity index (χ0) is 21.8. The molecule has 3 aromatic rings. The van der Waals surface area contributed by atoms with Crippen LogP contribution in [0.5, 0.6) is 5.75 Å². The predicted octanol–water partition coefficient (Wildman–Crippen LogP) is 4.71. The lowest BCUT2D eigenvalue weighted by molar-refractivity contribution is -0.137. The van der Waals surface area contributed by atoms with Gasteiger partial charge in [-0.05, 0) is 37.1 Å². The standard InChI is InChI=1S/C22H22F3N5O/c1-31-20-6-9-26-14-19(20)30(17-4-2-16(3-5-17)22(23,24)25)18-7-12-29(13-8-18)21-15-27-10-11-28-21/h2-6,9-11,14-15,18H,7-8,12-13H2,1H3. The van der Waals surface area contributed by atoms with Gasteiger partial charge in [-0.1, -0.05) is 0 Å². The maximum atomic E-state index is 13.1. The minimum Gasteiger partial charge on any atom is -0.494 e. The summed E-state index contributed by atoms with van der Waals surface area (Å²) in [7, 11) is 1.57. The van der Waals surface area contributed by atoms with Crippen LogP contribution in [0.2, 0.25) is 0 Å². The first-order valence-electron chi connectivity index (χ1n) is 9.93. The Morgan fingerprint density at radius 2 is 1.68 bits per heavy atom. The van der Waals surface area contributed by atoms with E-state index in [0.29, 0.717) is 11.4 Å². The molecular formula is C22H22F3N5O. The fourth-order valence-electron chi connectivity index (χ4n) is 3.89. The molecule has 0 spiro atoms. The number of methoxy groups -OCH3 is 1. The number of nitrogens with zero attached hydrogens (tertiary/aromatic N) is 5. The molecule has 1 aliphatic rings. The summed E-state index contributed by atoms with van der Waals surface area (Å²) in [6, 6.07) is 7.04. The van der Waals surface area contributed by atoms with Gasteiger partial charge in [-0.2, -0.15) is 13.2 Å². The van der Waals surface area contributed by atoms with Crippen molar-refractivity contribution in [2.75, 3.05) is 30.0 Å². The number of anilines is 3. The van der Waals surface area contributed by atoms with Crippen molar-refractivity contribution in [1.82, 2.24) is 15.0 Å². The summed E-state index contributed by atoms with van der Waals surface area (Å²) in [5.74, 6) is 1.44. The third kappa shape index (κ3) is 4.55. The Morgan fingerprint density at radius 1 is 0.968 bits per heavy atom. The Labute approximate surface area is 178 Å². The quantitative estimate of drug-likeness (QED) is 0.586. The Morgan fingerprint density at radius 3 is 2.29 bits per heavy atom. The molecule has 9 heteroatoms. The molecule has 0 unspecified atom stereocenters. The molecule has 0 aliphatic carbocycles. The average molecular weight is 429 g/mol. The van der Waals surface area contributed by atoms with Crippen LogP contribution in [0.15, 0.2) is 61.3 Å². The molecule has 1 saturated heterocycles. The van der Waals surface area contributed by atoms with Gasteiger partial charge in [-0.3, -0.25) is 9.97 Å². The smallest absolute Gasteiger partial charge is 0.416 e. The van der Waals surface area contributed by atoms with Crippen molar-refractivity contribution in [2.24, 2.45) is 0 Å². The van der Waals surface area contributed by atoms with Crippen LogP contribution in [-0.2, 0) is 6.18 Å². The third-order valence-corrected chi connectivity index (χ3v) is 5.42. The number of ether oxygens (including phenoxy) is 1. The molecule has 0 bridgehead atoms. The number of pyridine rings is 1. The second-order valence-corrected chi connectivity index (χ2v) is 7.24. The molecule has 2 aromatic heterocycles. The van der Waals surface area contributed by atoms with Crippen LogP contribution >= 0.6 is 0 Å². The van der Waals surface area contributed by atoms with E-state index in [-0.39, 0.29) is 6.04 Å². The molecule has 6 nitrogen and oxygen atoms in total. The van der Waals surface area contributed by atoms with Crippen LogP contribution in [0.4, 0.5) is 30.4 Å². The van der Waals surface area contributed by atoms with E-state index in [0.717, 1.165) is 49.6 Å². The Balaban J connectivity index is 1.64. The van der Waals surface area contributed by atoms with Gasteiger partial charge in [-0.25, -0.2) is 4.98 Å². The van der Waals surface area contributed by atoms with Crippen LogP contribution in [0, 0.1) is 0 Å². The second-order valence-electron chi connectivity index (χ2n) is 7.24. The zero-order valence-electron chi connectivity index (χ0n) is 17.0. The molecule has 0 radical (unpaired) electrons. The monoisotopic (exact) mass is 429 g/mol. The van der Waals surface area contributed by atoms with E-state index in [9.17, 15) is 13.2 Å². The van der Waals surface area contributed by atoms with E-state index in [2.05, 4.69) is 19.9 Å². The van der Waals surface area contributed by atoms with Crippen LogP contribution in [-0.4, -0.2) is 41.2 Å². The summed E-state index contributed by atoms with van der Waals surface area (Å²) in [6.07, 6.45) is 5.55. The summed E-state index contributed by atoms with van der Waals surface area (Å²) < 4.78 is 44.7. The van der Waals surface area contributed by atoms with Crippen molar-refractivity contribution in [3.8, 4) is 5.75 Å². The van der Waals surface area contributed by atoms with Crippen molar-refractivity contribution in [3.63, 3.8) is 0 Å². The van der Waals surface area contributed by atoms with Gasteiger partial charge in [0.05, 0.1) is 25.1 Å². The van der Waals surface area contributed by atoms with Crippen molar-refractivity contribution in [3.05, 3.63) is 66.9 Å². The summed E-state index contributed by atoms with van der Waals surface area (Å²) in [5.41, 5.74) is 0.715. The number of piperidine rings is 1. The van der Waals surface area contributed by atoms with Crippen molar-refractivity contribution in [1.29, 1.82) is 0 Å². The first kappa shape index (κ1) is 20.9. The Bertz CT molecular complexity index is 990. The molecule has 1 fully saturated rings. The fourth-order valence-corrected chi connectivity index (χ4v) is 3.89. The Hall–Kier alpha value is -3.36. The lowest BCUT2D eigenvalue weighted by atomic mass is 10.0. The average Bonchev–Trinajstić information content (AvgIpc) is 2.80. The molecule has 0 amide bonds. The number of halogens is 3. The van der Waals surface area contributed by atoms with E-state index < -0.39 is 11.7 Å². The Kier molecular flexibility index (Phi) is 5.92. The molecule has 4 rings (SSSR count). The van der Waals surface area contributed by atoms with E-state index in [1.165, 1.54) is 12.1 Å². The van der Waals surface area contributed by atoms with Crippen molar-refractivity contribution < 1.29 is 17.9 Å². The molecule has 162 valence electrons. The van der Waals surface area contributed by atoms with Gasteiger partial charge in [0.15, 0.2) is 0 Å². The summed E-state index contributed by atoms with van der Waals surface area (Å²) in [5, 5.41) is 0. The number of hydrogen-bond donors (Lipinski definition) is 0. The largest absolute Gasteiger partial charge is 0.494 e. The molecule has 0 N–H and O–H groups in total. The van der Waals surface area contributed by atoms with Gasteiger partial charge < -0.3 is 14.5 Å². The van der Waals surface area contributed by atoms with Gasteiger partial charge in [0.1, 0.15) is 17.3 Å². The maximum absolute atomic E-state index is 13.1. The van der Waals surface area contributed by atoms with Gasteiger partial charge in [0.2, 0.25) is 0 Å². The fraction of sp³-hybridized carbons (Fsp3) is 0.318.